The van der Waals surface area contributed by atoms with Gasteiger partial charge in [-0.2, -0.15) is 5.10 Å². The lowest BCUT2D eigenvalue weighted by atomic mass is 9.98. The molecule has 1 amide bonds. The fourth-order valence-electron chi connectivity index (χ4n) is 4.56. The van der Waals surface area contributed by atoms with Gasteiger partial charge < -0.3 is 16.4 Å². The molecule has 1 aromatic carbocycles. The van der Waals surface area contributed by atoms with Crippen LogP contribution in [0.5, 0.6) is 0 Å². The van der Waals surface area contributed by atoms with Crippen LogP contribution in [0.2, 0.25) is 0 Å². The molecule has 5 heterocycles. The summed E-state index contributed by atoms with van der Waals surface area (Å²) < 4.78 is 3.28. The third-order valence-electron chi connectivity index (χ3n) is 6.44. The third kappa shape index (κ3) is 4.57. The molecular formula is C29H25N9O. The van der Waals surface area contributed by atoms with E-state index in [0.717, 1.165) is 22.4 Å². The number of aromatic nitrogens is 6. The number of benzene rings is 1. The number of nitrogens with one attached hydrogen (secondary N) is 2. The minimum absolute atomic E-state index is 0.159. The SMILES string of the molecule is CC(NC(=O)c1c(N)nn2c1NCC=C2)c1cc2nccc(C#Cc3ccn(C)n3)c2nc1-c1ccccc1. The summed E-state index contributed by atoms with van der Waals surface area (Å²) in [6, 6.07) is 15.1. The highest BCUT2D eigenvalue weighted by Gasteiger charge is 2.25. The van der Waals surface area contributed by atoms with Crippen molar-refractivity contribution in [1.82, 2.24) is 34.8 Å². The monoisotopic (exact) mass is 515 g/mol. The van der Waals surface area contributed by atoms with Crippen molar-refractivity contribution in [3.05, 3.63) is 89.4 Å². The van der Waals surface area contributed by atoms with Crippen molar-refractivity contribution in [2.75, 3.05) is 17.6 Å². The van der Waals surface area contributed by atoms with Crippen molar-refractivity contribution in [3.8, 4) is 23.1 Å². The predicted octanol–water partition coefficient (Wildman–Crippen LogP) is 3.60. The first kappa shape index (κ1) is 23.9. The van der Waals surface area contributed by atoms with Crippen molar-refractivity contribution in [3.63, 3.8) is 0 Å². The molecule has 1 aliphatic heterocycles. The summed E-state index contributed by atoms with van der Waals surface area (Å²) in [6.07, 6.45) is 7.24. The highest BCUT2D eigenvalue weighted by molar-refractivity contribution is 6.04. The summed E-state index contributed by atoms with van der Waals surface area (Å²) in [5, 5.41) is 14.8. The van der Waals surface area contributed by atoms with E-state index in [1.807, 2.05) is 74.8 Å². The summed E-state index contributed by atoms with van der Waals surface area (Å²) in [4.78, 5) is 23.0. The zero-order valence-corrected chi connectivity index (χ0v) is 21.4. The average Bonchev–Trinajstić information content (AvgIpc) is 3.52. The second-order valence-corrected chi connectivity index (χ2v) is 9.16. The number of pyridine rings is 2. The molecule has 0 saturated carbocycles. The normalized spacial score (nSPS) is 12.8. The topological polar surface area (TPSA) is 129 Å². The van der Waals surface area contributed by atoms with Gasteiger partial charge >= 0.3 is 0 Å². The lowest BCUT2D eigenvalue weighted by Gasteiger charge is -2.19. The van der Waals surface area contributed by atoms with Crippen LogP contribution in [0.4, 0.5) is 11.6 Å². The smallest absolute Gasteiger partial charge is 0.259 e. The van der Waals surface area contributed by atoms with E-state index in [1.54, 1.807) is 21.8 Å². The van der Waals surface area contributed by atoms with E-state index in [4.69, 9.17) is 10.7 Å². The van der Waals surface area contributed by atoms with Crippen LogP contribution in [-0.4, -0.2) is 42.0 Å². The van der Waals surface area contributed by atoms with Gasteiger partial charge in [0, 0.05) is 43.3 Å². The Balaban J connectivity index is 1.41. The van der Waals surface area contributed by atoms with E-state index in [1.165, 1.54) is 0 Å². The minimum Gasteiger partial charge on any atom is -0.381 e. The zero-order chi connectivity index (χ0) is 26.9. The van der Waals surface area contributed by atoms with Crippen molar-refractivity contribution >= 4 is 34.8 Å². The predicted molar refractivity (Wildman–Crippen MR) is 151 cm³/mol. The zero-order valence-electron chi connectivity index (χ0n) is 21.4. The molecule has 4 aromatic heterocycles. The molecule has 1 aliphatic rings. The Labute approximate surface area is 224 Å². The quantitative estimate of drug-likeness (QED) is 0.312. The van der Waals surface area contributed by atoms with Crippen LogP contribution in [-0.2, 0) is 7.05 Å². The van der Waals surface area contributed by atoms with Crippen LogP contribution in [0.15, 0.2) is 67.0 Å². The van der Waals surface area contributed by atoms with Crippen molar-refractivity contribution in [2.45, 2.75) is 13.0 Å². The molecule has 192 valence electrons. The molecule has 0 saturated heterocycles. The Kier molecular flexibility index (Phi) is 6.01. The number of amides is 1. The average molecular weight is 516 g/mol. The van der Waals surface area contributed by atoms with E-state index in [-0.39, 0.29) is 11.7 Å². The summed E-state index contributed by atoms with van der Waals surface area (Å²) in [7, 11) is 1.85. The Hall–Kier alpha value is -5.43. The number of hydrogen-bond acceptors (Lipinski definition) is 7. The number of aryl methyl sites for hydroxylation is 1. The molecule has 4 N–H and O–H groups in total. The van der Waals surface area contributed by atoms with E-state index < -0.39 is 6.04 Å². The van der Waals surface area contributed by atoms with Crippen LogP contribution in [0.3, 0.4) is 0 Å². The van der Waals surface area contributed by atoms with Gasteiger partial charge in [-0.25, -0.2) is 9.67 Å². The molecule has 0 aliphatic carbocycles. The van der Waals surface area contributed by atoms with Crippen LogP contribution >= 0.6 is 0 Å². The van der Waals surface area contributed by atoms with Crippen molar-refractivity contribution in [2.24, 2.45) is 7.05 Å². The number of rotatable bonds is 4. The Morgan fingerprint density at radius 2 is 2.00 bits per heavy atom. The van der Waals surface area contributed by atoms with E-state index in [0.29, 0.717) is 34.7 Å². The summed E-state index contributed by atoms with van der Waals surface area (Å²) >= 11 is 0. The van der Waals surface area contributed by atoms with Gasteiger partial charge in [-0.3, -0.25) is 14.5 Å². The third-order valence-corrected chi connectivity index (χ3v) is 6.44. The van der Waals surface area contributed by atoms with Gasteiger partial charge in [-0.15, -0.1) is 5.10 Å². The van der Waals surface area contributed by atoms with E-state index in [9.17, 15) is 4.79 Å². The summed E-state index contributed by atoms with van der Waals surface area (Å²) in [5.41, 5.74) is 11.6. The number of hydrogen-bond donors (Lipinski definition) is 3. The first-order valence-electron chi connectivity index (χ1n) is 12.4. The van der Waals surface area contributed by atoms with Gasteiger partial charge in [-0.1, -0.05) is 36.3 Å². The fourth-order valence-corrected chi connectivity index (χ4v) is 4.56. The van der Waals surface area contributed by atoms with Crippen molar-refractivity contribution < 1.29 is 4.79 Å². The molecule has 6 rings (SSSR count). The molecule has 0 fully saturated rings. The molecule has 10 nitrogen and oxygen atoms in total. The molecule has 5 aromatic rings. The van der Waals surface area contributed by atoms with Gasteiger partial charge in [0.15, 0.2) is 5.82 Å². The lowest BCUT2D eigenvalue weighted by molar-refractivity contribution is 0.0941. The van der Waals surface area contributed by atoms with E-state index in [2.05, 4.69) is 37.7 Å². The fraction of sp³-hybridized carbons (Fsp3) is 0.138. The number of anilines is 2. The summed E-state index contributed by atoms with van der Waals surface area (Å²) in [5.74, 6) is 6.70. The first-order valence-corrected chi connectivity index (χ1v) is 12.4. The maximum Gasteiger partial charge on any atom is 0.259 e. The summed E-state index contributed by atoms with van der Waals surface area (Å²) in [6.45, 7) is 2.50. The van der Waals surface area contributed by atoms with Crippen LogP contribution in [0, 0.1) is 11.8 Å². The minimum atomic E-state index is -0.413. The molecule has 39 heavy (non-hydrogen) atoms. The second-order valence-electron chi connectivity index (χ2n) is 9.16. The molecule has 1 atom stereocenters. The molecule has 0 radical (unpaired) electrons. The van der Waals surface area contributed by atoms with Crippen molar-refractivity contribution in [1.29, 1.82) is 0 Å². The first-order chi connectivity index (χ1) is 19.0. The second kappa shape index (κ2) is 9.79. The highest BCUT2D eigenvalue weighted by atomic mass is 16.1. The van der Waals surface area contributed by atoms with Gasteiger partial charge in [-0.05, 0) is 37.1 Å². The molecule has 1 unspecified atom stereocenters. The number of fused-ring (bicyclic) bond motifs is 2. The lowest BCUT2D eigenvalue weighted by Crippen LogP contribution is -2.28. The number of carbonyl (C=O) groups excluding carboxylic acids is 1. The maximum atomic E-state index is 13.4. The van der Waals surface area contributed by atoms with Gasteiger partial charge in [0.2, 0.25) is 0 Å². The van der Waals surface area contributed by atoms with Gasteiger partial charge in [0.1, 0.15) is 22.6 Å². The molecule has 0 bridgehead atoms. The van der Waals surface area contributed by atoms with Crippen LogP contribution < -0.4 is 16.4 Å². The number of nitrogen functional groups attached to an aromatic ring is 1. The molecular weight excluding hydrogens is 490 g/mol. The molecule has 0 spiro atoms. The Morgan fingerprint density at radius 1 is 1.15 bits per heavy atom. The maximum absolute atomic E-state index is 13.4. The van der Waals surface area contributed by atoms with Crippen LogP contribution in [0.1, 0.15) is 40.1 Å². The molecule has 10 heteroatoms. The number of nitrogens with zero attached hydrogens (tertiary/aromatic N) is 6. The van der Waals surface area contributed by atoms with Gasteiger partial charge in [0.05, 0.1) is 22.8 Å². The number of carbonyl (C=O) groups is 1. The van der Waals surface area contributed by atoms with E-state index >= 15 is 0 Å². The Morgan fingerprint density at radius 3 is 2.79 bits per heavy atom. The largest absolute Gasteiger partial charge is 0.381 e. The highest BCUT2D eigenvalue weighted by Crippen LogP contribution is 2.31. The Bertz CT molecular complexity index is 1810. The standard InChI is InChI=1S/C29H25N9O/c1-18(33-29(39)24-27(30)36-38-15-6-13-32-28(24)38)22-17-23-26(34-25(22)19-7-4-3-5-8-19)20(11-14-31-23)9-10-21-12-16-37(2)35-21/h3-8,11-12,14-18,32H,13H2,1-2H3,(H2,30,36)(H,33,39). The van der Waals surface area contributed by atoms with Crippen LogP contribution in [0.25, 0.3) is 28.5 Å². The van der Waals surface area contributed by atoms with Gasteiger partial charge in [0.25, 0.3) is 5.91 Å². The number of nitrogens with two attached hydrogens (primary N) is 1.